The van der Waals surface area contributed by atoms with Crippen molar-refractivity contribution in [2.45, 2.75) is 31.8 Å². The summed E-state index contributed by atoms with van der Waals surface area (Å²) in [6, 6.07) is 3.25. The summed E-state index contributed by atoms with van der Waals surface area (Å²) in [5.74, 6) is 0. The van der Waals surface area contributed by atoms with Gasteiger partial charge in [0.05, 0.1) is 0 Å². The van der Waals surface area contributed by atoms with Crippen molar-refractivity contribution in [1.29, 1.82) is 0 Å². The van der Waals surface area contributed by atoms with Crippen LogP contribution >= 0.6 is 11.3 Å². The van der Waals surface area contributed by atoms with Gasteiger partial charge in [-0.2, -0.15) is 11.3 Å². The van der Waals surface area contributed by atoms with Gasteiger partial charge in [0.25, 0.3) is 0 Å². The van der Waals surface area contributed by atoms with Crippen LogP contribution in [0.25, 0.3) is 0 Å². The van der Waals surface area contributed by atoms with Crippen molar-refractivity contribution in [1.82, 2.24) is 9.80 Å². The van der Waals surface area contributed by atoms with E-state index in [1.54, 1.807) is 11.3 Å². The molecule has 1 aliphatic heterocycles. The molecule has 1 fully saturated rings. The summed E-state index contributed by atoms with van der Waals surface area (Å²) in [7, 11) is 2.23. The lowest BCUT2D eigenvalue weighted by molar-refractivity contribution is 0.131. The highest BCUT2D eigenvalue weighted by atomic mass is 32.1. The summed E-state index contributed by atoms with van der Waals surface area (Å²) in [4.78, 5) is 5.08. The molecule has 2 heterocycles. The highest BCUT2D eigenvalue weighted by Crippen LogP contribution is 2.27. The Hall–Kier alpha value is -0.420. The van der Waals surface area contributed by atoms with Crippen molar-refractivity contribution in [3.63, 3.8) is 0 Å². The number of rotatable bonds is 4. The van der Waals surface area contributed by atoms with Gasteiger partial charge in [0.2, 0.25) is 0 Å². The Morgan fingerprint density at radius 3 is 2.94 bits per heavy atom. The molecule has 2 unspecified atom stereocenters. The fourth-order valence-electron chi connectivity index (χ4n) is 2.96. The minimum atomic E-state index is 0.396. The van der Waals surface area contributed by atoms with Gasteiger partial charge in [0, 0.05) is 31.7 Å². The fraction of sp³-hybridized carbons (Fsp3) is 0.714. The van der Waals surface area contributed by atoms with Gasteiger partial charge in [-0.15, -0.1) is 0 Å². The largest absolute Gasteiger partial charge is 0.329 e. The molecule has 4 heteroatoms. The molecular weight excluding hydrogens is 242 g/mol. The maximum absolute atomic E-state index is 6.05. The molecule has 18 heavy (non-hydrogen) atoms. The van der Waals surface area contributed by atoms with E-state index in [2.05, 4.69) is 40.6 Å². The first-order valence-corrected chi connectivity index (χ1v) is 7.87. The van der Waals surface area contributed by atoms with E-state index in [1.807, 2.05) is 0 Å². The second kappa shape index (κ2) is 6.66. The van der Waals surface area contributed by atoms with Gasteiger partial charge in [-0.1, -0.05) is 6.92 Å². The minimum Gasteiger partial charge on any atom is -0.329 e. The van der Waals surface area contributed by atoms with Crippen LogP contribution in [0.3, 0.4) is 0 Å². The number of likely N-dealkylation sites (N-methyl/N-ethyl adjacent to an activating group) is 1. The zero-order chi connectivity index (χ0) is 13.0. The van der Waals surface area contributed by atoms with Crippen molar-refractivity contribution in [3.05, 3.63) is 22.4 Å². The zero-order valence-corrected chi connectivity index (χ0v) is 12.3. The molecule has 1 aromatic heterocycles. The lowest BCUT2D eigenvalue weighted by Crippen LogP contribution is -2.44. The van der Waals surface area contributed by atoms with Crippen molar-refractivity contribution >= 4 is 11.3 Å². The molecule has 102 valence electrons. The van der Waals surface area contributed by atoms with Gasteiger partial charge in [-0.05, 0) is 48.8 Å². The normalized spacial score (nSPS) is 24.9. The summed E-state index contributed by atoms with van der Waals surface area (Å²) in [5, 5.41) is 4.40. The molecule has 0 spiro atoms. The Labute approximate surface area is 115 Å². The van der Waals surface area contributed by atoms with Crippen LogP contribution in [0, 0.1) is 0 Å². The van der Waals surface area contributed by atoms with Crippen molar-refractivity contribution in [3.8, 4) is 0 Å². The van der Waals surface area contributed by atoms with E-state index in [0.717, 1.165) is 13.1 Å². The third-order valence-electron chi connectivity index (χ3n) is 3.97. The predicted octanol–water partition coefficient (Wildman–Crippen LogP) is 2.16. The Bertz CT molecular complexity index is 339. The van der Waals surface area contributed by atoms with Crippen LogP contribution in [0.4, 0.5) is 0 Å². The molecule has 1 aromatic rings. The molecule has 0 aliphatic carbocycles. The fourth-order valence-corrected chi connectivity index (χ4v) is 3.67. The van der Waals surface area contributed by atoms with E-state index in [0.29, 0.717) is 12.1 Å². The van der Waals surface area contributed by atoms with Crippen LogP contribution in [-0.4, -0.2) is 49.1 Å². The standard InChI is InChI=1S/C14H25N3S/c1-3-13-10-16(2)6-4-7-17(13)14(9-15)12-5-8-18-11-12/h5,8,11,13-14H,3-4,6-7,9-10,15H2,1-2H3. The predicted molar refractivity (Wildman–Crippen MR) is 79.0 cm³/mol. The molecule has 2 rings (SSSR count). The monoisotopic (exact) mass is 267 g/mol. The number of thiophene rings is 1. The highest BCUT2D eigenvalue weighted by molar-refractivity contribution is 7.07. The molecular formula is C14H25N3S. The third kappa shape index (κ3) is 3.12. The van der Waals surface area contributed by atoms with E-state index in [1.165, 1.54) is 31.5 Å². The van der Waals surface area contributed by atoms with Gasteiger partial charge < -0.3 is 10.6 Å². The van der Waals surface area contributed by atoms with Gasteiger partial charge in [-0.25, -0.2) is 0 Å². The average Bonchev–Trinajstić information content (AvgIpc) is 2.82. The van der Waals surface area contributed by atoms with Crippen LogP contribution in [0.1, 0.15) is 31.4 Å². The van der Waals surface area contributed by atoms with E-state index < -0.39 is 0 Å². The molecule has 1 saturated heterocycles. The number of nitrogens with two attached hydrogens (primary N) is 1. The van der Waals surface area contributed by atoms with Crippen LogP contribution in [0.2, 0.25) is 0 Å². The van der Waals surface area contributed by atoms with Crippen LogP contribution < -0.4 is 5.73 Å². The Balaban J connectivity index is 2.16. The summed E-state index contributed by atoms with van der Waals surface area (Å²) < 4.78 is 0. The van der Waals surface area contributed by atoms with E-state index in [-0.39, 0.29) is 0 Å². The maximum atomic E-state index is 6.05. The zero-order valence-electron chi connectivity index (χ0n) is 11.5. The molecule has 3 nitrogen and oxygen atoms in total. The second-order valence-electron chi connectivity index (χ2n) is 5.22. The topological polar surface area (TPSA) is 32.5 Å². The molecule has 0 amide bonds. The van der Waals surface area contributed by atoms with Gasteiger partial charge >= 0.3 is 0 Å². The Kier molecular flexibility index (Phi) is 5.18. The van der Waals surface area contributed by atoms with Crippen LogP contribution in [0.5, 0.6) is 0 Å². The van der Waals surface area contributed by atoms with E-state index in [9.17, 15) is 0 Å². The Morgan fingerprint density at radius 2 is 2.33 bits per heavy atom. The molecule has 0 bridgehead atoms. The minimum absolute atomic E-state index is 0.396. The summed E-state index contributed by atoms with van der Waals surface area (Å²) in [6.45, 7) is 6.54. The maximum Gasteiger partial charge on any atom is 0.0482 e. The molecule has 1 aliphatic rings. The summed E-state index contributed by atoms with van der Waals surface area (Å²) in [5.41, 5.74) is 7.44. The van der Waals surface area contributed by atoms with E-state index in [4.69, 9.17) is 5.73 Å². The van der Waals surface area contributed by atoms with Crippen molar-refractivity contribution in [2.75, 3.05) is 33.2 Å². The summed E-state index contributed by atoms with van der Waals surface area (Å²) >= 11 is 1.77. The van der Waals surface area contributed by atoms with Crippen molar-refractivity contribution < 1.29 is 0 Å². The number of hydrogen-bond acceptors (Lipinski definition) is 4. The first-order valence-electron chi connectivity index (χ1n) is 6.92. The molecule has 2 N–H and O–H groups in total. The molecule has 0 saturated carbocycles. The Morgan fingerprint density at radius 1 is 1.50 bits per heavy atom. The third-order valence-corrected chi connectivity index (χ3v) is 4.67. The summed E-state index contributed by atoms with van der Waals surface area (Å²) in [6.07, 6.45) is 2.44. The SMILES string of the molecule is CCC1CN(C)CCCN1C(CN)c1ccsc1. The quantitative estimate of drug-likeness (QED) is 0.907. The number of nitrogens with zero attached hydrogens (tertiary/aromatic N) is 2. The van der Waals surface area contributed by atoms with Gasteiger partial charge in [0.15, 0.2) is 0 Å². The molecule has 0 radical (unpaired) electrons. The molecule has 0 aromatic carbocycles. The lowest BCUT2D eigenvalue weighted by atomic mass is 10.0. The number of hydrogen-bond donors (Lipinski definition) is 1. The van der Waals surface area contributed by atoms with Gasteiger partial charge in [-0.3, -0.25) is 4.90 Å². The smallest absolute Gasteiger partial charge is 0.0482 e. The van der Waals surface area contributed by atoms with Crippen LogP contribution in [0.15, 0.2) is 16.8 Å². The molecule has 2 atom stereocenters. The van der Waals surface area contributed by atoms with Crippen molar-refractivity contribution in [2.24, 2.45) is 5.73 Å². The highest BCUT2D eigenvalue weighted by Gasteiger charge is 2.28. The second-order valence-corrected chi connectivity index (χ2v) is 6.00. The first-order chi connectivity index (χ1) is 8.76. The average molecular weight is 267 g/mol. The van der Waals surface area contributed by atoms with E-state index >= 15 is 0 Å². The van der Waals surface area contributed by atoms with Crippen LogP contribution in [-0.2, 0) is 0 Å². The first kappa shape index (κ1) is 14.0. The van der Waals surface area contributed by atoms with Gasteiger partial charge in [0.1, 0.15) is 0 Å². The lowest BCUT2D eigenvalue weighted by Gasteiger charge is -2.36.